The summed E-state index contributed by atoms with van der Waals surface area (Å²) in [5, 5.41) is 1.45. The fourth-order valence-corrected chi connectivity index (χ4v) is 7.53. The van der Waals surface area contributed by atoms with Crippen molar-refractivity contribution in [1.29, 1.82) is 0 Å². The quantitative estimate of drug-likeness (QED) is 0.418. The molecule has 0 saturated carbocycles. The SMILES string of the molecule is Cc1cc(S(=O)(=O)Nc2cccc3ccn(CCC(=O)N4CCN(CC5CCN(C)CC5)CC4)c23)c(C)cc1Cl. The number of fused-ring (bicyclic) bond motifs is 1. The van der Waals surface area contributed by atoms with Gasteiger partial charge < -0.3 is 14.4 Å². The van der Waals surface area contributed by atoms with E-state index in [9.17, 15) is 13.2 Å². The number of benzene rings is 2. The van der Waals surface area contributed by atoms with E-state index < -0.39 is 10.0 Å². The van der Waals surface area contributed by atoms with E-state index in [1.165, 1.54) is 25.9 Å². The van der Waals surface area contributed by atoms with Crippen LogP contribution in [0.3, 0.4) is 0 Å². The number of carbonyl (C=O) groups excluding carboxylic acids is 1. The third kappa shape index (κ3) is 6.48. The van der Waals surface area contributed by atoms with Crippen LogP contribution < -0.4 is 4.72 Å². The van der Waals surface area contributed by atoms with E-state index in [1.807, 2.05) is 33.9 Å². The van der Waals surface area contributed by atoms with Gasteiger partial charge in [-0.2, -0.15) is 0 Å². The third-order valence-corrected chi connectivity index (χ3v) is 10.3. The van der Waals surface area contributed by atoms with E-state index in [0.717, 1.165) is 49.5 Å². The maximum absolute atomic E-state index is 13.4. The topological polar surface area (TPSA) is 77.9 Å². The van der Waals surface area contributed by atoms with E-state index in [1.54, 1.807) is 32.0 Å². The maximum atomic E-state index is 13.4. The van der Waals surface area contributed by atoms with Crippen LogP contribution in [0.5, 0.6) is 0 Å². The molecule has 2 saturated heterocycles. The molecule has 40 heavy (non-hydrogen) atoms. The number of nitrogens with one attached hydrogen (secondary N) is 1. The van der Waals surface area contributed by atoms with Gasteiger partial charge in [0.2, 0.25) is 5.91 Å². The number of hydrogen-bond donors (Lipinski definition) is 1. The molecule has 2 aliphatic rings. The Balaban J connectivity index is 1.22. The van der Waals surface area contributed by atoms with Gasteiger partial charge in [0, 0.05) is 62.3 Å². The molecule has 0 unspecified atom stereocenters. The fraction of sp³-hybridized carbons (Fsp3) is 0.500. The van der Waals surface area contributed by atoms with Crippen LogP contribution in [0.2, 0.25) is 5.02 Å². The Labute approximate surface area is 242 Å². The lowest BCUT2D eigenvalue weighted by Crippen LogP contribution is -2.50. The van der Waals surface area contributed by atoms with Crippen molar-refractivity contribution >= 4 is 44.1 Å². The number of piperidine rings is 1. The summed E-state index contributed by atoms with van der Waals surface area (Å²) in [6.07, 6.45) is 4.82. The number of halogens is 1. The zero-order valence-corrected chi connectivity index (χ0v) is 25.3. The molecule has 1 aromatic heterocycles. The summed E-state index contributed by atoms with van der Waals surface area (Å²) in [5.74, 6) is 0.908. The second kappa shape index (κ2) is 12.1. The Kier molecular flexibility index (Phi) is 8.75. The molecule has 2 aliphatic heterocycles. The minimum absolute atomic E-state index is 0.145. The van der Waals surface area contributed by atoms with Crippen molar-refractivity contribution in [3.05, 3.63) is 58.7 Å². The van der Waals surface area contributed by atoms with E-state index in [-0.39, 0.29) is 10.8 Å². The minimum atomic E-state index is -3.84. The molecule has 3 heterocycles. The highest BCUT2D eigenvalue weighted by Gasteiger charge is 2.25. The molecular formula is C30H40ClN5O3S. The zero-order chi connectivity index (χ0) is 28.4. The molecule has 0 atom stereocenters. The molecule has 3 aromatic rings. The van der Waals surface area contributed by atoms with Crippen LogP contribution in [0.1, 0.15) is 30.4 Å². The second-order valence-electron chi connectivity index (χ2n) is 11.4. The number of para-hydroxylation sites is 1. The minimum Gasteiger partial charge on any atom is -0.345 e. The number of sulfonamides is 1. The first kappa shape index (κ1) is 28.9. The normalized spacial score (nSPS) is 17.9. The molecule has 0 spiro atoms. The van der Waals surface area contributed by atoms with Gasteiger partial charge in [-0.25, -0.2) is 8.42 Å². The summed E-state index contributed by atoms with van der Waals surface area (Å²) in [6.45, 7) is 10.9. The van der Waals surface area contributed by atoms with Crippen LogP contribution in [0.15, 0.2) is 47.5 Å². The summed E-state index contributed by atoms with van der Waals surface area (Å²) in [6, 6.07) is 10.8. The molecule has 0 radical (unpaired) electrons. The van der Waals surface area contributed by atoms with Crippen molar-refractivity contribution in [2.24, 2.45) is 5.92 Å². The molecule has 8 nitrogen and oxygen atoms in total. The van der Waals surface area contributed by atoms with Crippen LogP contribution in [0.4, 0.5) is 5.69 Å². The van der Waals surface area contributed by atoms with Crippen molar-refractivity contribution in [1.82, 2.24) is 19.3 Å². The highest BCUT2D eigenvalue weighted by molar-refractivity contribution is 7.92. The lowest BCUT2D eigenvalue weighted by Gasteiger charge is -2.38. The van der Waals surface area contributed by atoms with E-state index in [4.69, 9.17) is 11.6 Å². The predicted molar refractivity (Wildman–Crippen MR) is 162 cm³/mol. The van der Waals surface area contributed by atoms with Gasteiger partial charge in [-0.15, -0.1) is 0 Å². The summed E-state index contributed by atoms with van der Waals surface area (Å²) >= 11 is 6.19. The molecule has 216 valence electrons. The number of hydrogen-bond acceptors (Lipinski definition) is 5. The summed E-state index contributed by atoms with van der Waals surface area (Å²) < 4.78 is 31.5. The van der Waals surface area contributed by atoms with Crippen LogP contribution in [0.25, 0.3) is 10.9 Å². The second-order valence-corrected chi connectivity index (χ2v) is 13.5. The molecule has 10 heteroatoms. The number of aromatic nitrogens is 1. The molecular weight excluding hydrogens is 546 g/mol. The highest BCUT2D eigenvalue weighted by atomic mass is 35.5. The van der Waals surface area contributed by atoms with Gasteiger partial charge in [-0.3, -0.25) is 14.4 Å². The summed E-state index contributed by atoms with van der Waals surface area (Å²) in [7, 11) is -1.65. The van der Waals surface area contributed by atoms with Crippen molar-refractivity contribution in [2.45, 2.75) is 44.6 Å². The van der Waals surface area contributed by atoms with Gasteiger partial charge in [-0.05, 0) is 88.1 Å². The summed E-state index contributed by atoms with van der Waals surface area (Å²) in [4.78, 5) is 20.2. The Bertz CT molecular complexity index is 1470. The van der Waals surface area contributed by atoms with Gasteiger partial charge in [0.05, 0.1) is 16.1 Å². The lowest BCUT2D eigenvalue weighted by molar-refractivity contribution is -0.133. The average molecular weight is 586 g/mol. The first-order valence-corrected chi connectivity index (χ1v) is 16.0. The van der Waals surface area contributed by atoms with Crippen molar-refractivity contribution in [3.8, 4) is 0 Å². The molecule has 2 fully saturated rings. The average Bonchev–Trinajstić information content (AvgIpc) is 3.35. The fourth-order valence-electron chi connectivity index (χ4n) is 5.94. The van der Waals surface area contributed by atoms with Crippen LogP contribution in [0, 0.1) is 19.8 Å². The van der Waals surface area contributed by atoms with Crippen molar-refractivity contribution < 1.29 is 13.2 Å². The van der Waals surface area contributed by atoms with Crippen molar-refractivity contribution in [3.63, 3.8) is 0 Å². The number of carbonyl (C=O) groups is 1. The molecule has 0 bridgehead atoms. The number of amides is 1. The van der Waals surface area contributed by atoms with E-state index in [2.05, 4.69) is 21.6 Å². The van der Waals surface area contributed by atoms with Gasteiger partial charge in [0.1, 0.15) is 0 Å². The van der Waals surface area contributed by atoms with Crippen molar-refractivity contribution in [2.75, 3.05) is 57.6 Å². The third-order valence-electron chi connectivity index (χ3n) is 8.42. The number of aryl methyl sites for hydroxylation is 3. The van der Waals surface area contributed by atoms with Gasteiger partial charge in [0.25, 0.3) is 10.0 Å². The van der Waals surface area contributed by atoms with E-state index in [0.29, 0.717) is 34.8 Å². The molecule has 2 aromatic carbocycles. The van der Waals surface area contributed by atoms with Crippen LogP contribution in [-0.4, -0.2) is 86.5 Å². The van der Waals surface area contributed by atoms with Gasteiger partial charge in [0.15, 0.2) is 0 Å². The van der Waals surface area contributed by atoms with E-state index >= 15 is 0 Å². The molecule has 1 N–H and O–H groups in total. The Morgan fingerprint density at radius 2 is 1.73 bits per heavy atom. The number of piperazine rings is 1. The first-order chi connectivity index (χ1) is 19.1. The Hall–Kier alpha value is -2.59. The zero-order valence-electron chi connectivity index (χ0n) is 23.7. The van der Waals surface area contributed by atoms with Crippen LogP contribution in [-0.2, 0) is 21.4 Å². The number of rotatable bonds is 8. The van der Waals surface area contributed by atoms with Gasteiger partial charge in [-0.1, -0.05) is 23.7 Å². The number of likely N-dealkylation sites (tertiary alicyclic amines) is 1. The lowest BCUT2D eigenvalue weighted by atomic mass is 9.96. The smallest absolute Gasteiger partial charge is 0.262 e. The summed E-state index contributed by atoms with van der Waals surface area (Å²) in [5.41, 5.74) is 2.55. The molecule has 1 amide bonds. The largest absolute Gasteiger partial charge is 0.345 e. The monoisotopic (exact) mass is 585 g/mol. The van der Waals surface area contributed by atoms with Crippen LogP contribution >= 0.6 is 11.6 Å². The highest BCUT2D eigenvalue weighted by Crippen LogP contribution is 2.30. The maximum Gasteiger partial charge on any atom is 0.262 e. The Morgan fingerprint density at radius 3 is 2.45 bits per heavy atom. The van der Waals surface area contributed by atoms with Gasteiger partial charge >= 0.3 is 0 Å². The molecule has 0 aliphatic carbocycles. The number of nitrogens with zero attached hydrogens (tertiary/aromatic N) is 4. The first-order valence-electron chi connectivity index (χ1n) is 14.2. The Morgan fingerprint density at radius 1 is 1.00 bits per heavy atom. The predicted octanol–water partition coefficient (Wildman–Crippen LogP) is 4.59. The standard InChI is InChI=1S/C30H40ClN5O3S/c1-22-20-28(23(2)19-26(22)31)40(38,39)32-27-6-4-5-25-9-13-36(30(25)27)14-10-29(37)35-17-15-34(16-18-35)21-24-7-11-33(3)12-8-24/h4-6,9,13,19-20,24,32H,7-8,10-12,14-18,21H2,1-3H3. The molecule has 5 rings (SSSR count). The number of anilines is 1.